The number of rotatable bonds is 5. The fourth-order valence-corrected chi connectivity index (χ4v) is 4.90. The van der Waals surface area contributed by atoms with E-state index in [0.717, 1.165) is 36.1 Å². The van der Waals surface area contributed by atoms with E-state index in [1.165, 1.54) is 29.4 Å². The highest BCUT2D eigenvalue weighted by molar-refractivity contribution is 7.13. The lowest BCUT2D eigenvalue weighted by atomic mass is 9.95. The predicted molar refractivity (Wildman–Crippen MR) is 120 cm³/mol. The highest BCUT2D eigenvalue weighted by atomic mass is 32.1. The number of hydrogen-bond acceptors (Lipinski definition) is 6. The first-order chi connectivity index (χ1) is 14.8. The van der Waals surface area contributed by atoms with E-state index in [2.05, 4.69) is 55.9 Å². The SMILES string of the molecule is N#Cc1ccc(Nc2nc([C@H]3CCCN(Cc4cc5ccccc5[nH]4)C3)cs2)cn1. The van der Waals surface area contributed by atoms with Crippen molar-refractivity contribution in [3.63, 3.8) is 0 Å². The number of benzene rings is 1. The lowest BCUT2D eigenvalue weighted by Gasteiger charge is -2.31. The van der Waals surface area contributed by atoms with Crippen molar-refractivity contribution in [2.75, 3.05) is 18.4 Å². The number of aromatic amines is 1. The standard InChI is InChI=1S/C23H22N6S/c24-11-18-7-8-19(12-25-18)27-23-28-22(15-30-23)17-5-3-9-29(13-17)14-20-10-16-4-1-2-6-21(16)26-20/h1-2,4,6-8,10,12,15,17,26H,3,5,9,13-14H2,(H,27,28)/t17-/m0/s1. The lowest BCUT2D eigenvalue weighted by Crippen LogP contribution is -2.34. The van der Waals surface area contributed by atoms with Crippen LogP contribution in [0.3, 0.4) is 0 Å². The summed E-state index contributed by atoms with van der Waals surface area (Å²) < 4.78 is 0. The Kier molecular flexibility index (Phi) is 5.18. The third-order valence-electron chi connectivity index (χ3n) is 5.55. The van der Waals surface area contributed by atoms with Gasteiger partial charge in [-0.25, -0.2) is 9.97 Å². The van der Waals surface area contributed by atoms with Crippen LogP contribution in [-0.2, 0) is 6.54 Å². The van der Waals surface area contributed by atoms with Gasteiger partial charge in [-0.15, -0.1) is 11.3 Å². The molecule has 1 atom stereocenters. The molecule has 4 aromatic rings. The molecule has 5 rings (SSSR count). The number of nitrogens with one attached hydrogen (secondary N) is 2. The lowest BCUT2D eigenvalue weighted by molar-refractivity contribution is 0.197. The van der Waals surface area contributed by atoms with Gasteiger partial charge in [0.15, 0.2) is 5.13 Å². The molecule has 0 bridgehead atoms. The molecule has 0 amide bonds. The molecule has 7 heteroatoms. The summed E-state index contributed by atoms with van der Waals surface area (Å²) in [5.41, 5.74) is 4.89. The first kappa shape index (κ1) is 18.8. The van der Waals surface area contributed by atoms with Crippen LogP contribution in [0.25, 0.3) is 10.9 Å². The van der Waals surface area contributed by atoms with Gasteiger partial charge in [0.1, 0.15) is 11.8 Å². The van der Waals surface area contributed by atoms with Gasteiger partial charge in [-0.1, -0.05) is 18.2 Å². The van der Waals surface area contributed by atoms with Gasteiger partial charge < -0.3 is 10.3 Å². The molecule has 4 heterocycles. The van der Waals surface area contributed by atoms with E-state index in [1.807, 2.05) is 12.1 Å². The third-order valence-corrected chi connectivity index (χ3v) is 6.33. The fraction of sp³-hybridized carbons (Fsp3) is 0.261. The van der Waals surface area contributed by atoms with Crippen LogP contribution >= 0.6 is 11.3 Å². The van der Waals surface area contributed by atoms with Gasteiger partial charge in [-0.2, -0.15) is 5.26 Å². The summed E-state index contributed by atoms with van der Waals surface area (Å²) in [6, 6.07) is 16.3. The van der Waals surface area contributed by atoms with Gasteiger partial charge in [0.25, 0.3) is 0 Å². The Labute approximate surface area is 179 Å². The molecule has 0 saturated carbocycles. The minimum Gasteiger partial charge on any atom is -0.357 e. The van der Waals surface area contributed by atoms with Gasteiger partial charge in [0, 0.05) is 35.6 Å². The zero-order valence-corrected chi connectivity index (χ0v) is 17.3. The average Bonchev–Trinajstić information content (AvgIpc) is 3.41. The zero-order valence-electron chi connectivity index (χ0n) is 16.5. The maximum Gasteiger partial charge on any atom is 0.187 e. The van der Waals surface area contributed by atoms with Crippen molar-refractivity contribution < 1.29 is 0 Å². The number of pyridine rings is 1. The second kappa shape index (κ2) is 8.27. The first-order valence-electron chi connectivity index (χ1n) is 10.1. The van der Waals surface area contributed by atoms with Crippen molar-refractivity contribution in [1.82, 2.24) is 19.9 Å². The summed E-state index contributed by atoms with van der Waals surface area (Å²) in [6.45, 7) is 3.09. The second-order valence-electron chi connectivity index (χ2n) is 7.70. The van der Waals surface area contributed by atoms with E-state index in [0.29, 0.717) is 11.6 Å². The minimum absolute atomic E-state index is 0.414. The molecule has 3 aromatic heterocycles. The largest absolute Gasteiger partial charge is 0.357 e. The zero-order chi connectivity index (χ0) is 20.3. The van der Waals surface area contributed by atoms with Crippen molar-refractivity contribution >= 4 is 33.1 Å². The molecule has 0 aliphatic carbocycles. The first-order valence-corrected chi connectivity index (χ1v) is 11.0. The molecule has 0 spiro atoms. The smallest absolute Gasteiger partial charge is 0.187 e. The molecule has 30 heavy (non-hydrogen) atoms. The molecular weight excluding hydrogens is 392 g/mol. The monoisotopic (exact) mass is 414 g/mol. The normalized spacial score (nSPS) is 17.1. The van der Waals surface area contributed by atoms with E-state index < -0.39 is 0 Å². The molecule has 150 valence electrons. The number of hydrogen-bond donors (Lipinski definition) is 2. The van der Waals surface area contributed by atoms with E-state index in [1.54, 1.807) is 23.6 Å². The Balaban J connectivity index is 1.24. The Hall–Kier alpha value is -3.21. The molecule has 1 aromatic carbocycles. The predicted octanol–water partition coefficient (Wildman–Crippen LogP) is 5.01. The van der Waals surface area contributed by atoms with E-state index in [9.17, 15) is 0 Å². The van der Waals surface area contributed by atoms with Crippen molar-refractivity contribution in [2.45, 2.75) is 25.3 Å². The van der Waals surface area contributed by atoms with Gasteiger partial charge in [0.05, 0.1) is 17.6 Å². The van der Waals surface area contributed by atoms with Crippen LogP contribution in [0.4, 0.5) is 10.8 Å². The van der Waals surface area contributed by atoms with Crippen LogP contribution in [0.5, 0.6) is 0 Å². The van der Waals surface area contributed by atoms with Crippen molar-refractivity contribution in [1.29, 1.82) is 5.26 Å². The molecule has 2 N–H and O–H groups in total. The Morgan fingerprint density at radius 2 is 2.20 bits per heavy atom. The van der Waals surface area contributed by atoms with Crippen LogP contribution in [0.2, 0.25) is 0 Å². The number of H-pyrrole nitrogens is 1. The summed E-state index contributed by atoms with van der Waals surface area (Å²) in [5.74, 6) is 0.453. The van der Waals surface area contributed by atoms with Crippen LogP contribution in [0, 0.1) is 11.3 Å². The summed E-state index contributed by atoms with van der Waals surface area (Å²) in [5, 5.41) is 16.5. The number of nitriles is 1. The number of aromatic nitrogens is 3. The number of piperidine rings is 1. The Bertz CT molecular complexity index is 1150. The molecule has 1 fully saturated rings. The highest BCUT2D eigenvalue weighted by Crippen LogP contribution is 2.31. The Morgan fingerprint density at radius 1 is 1.27 bits per heavy atom. The number of fused-ring (bicyclic) bond motifs is 1. The fourth-order valence-electron chi connectivity index (χ4n) is 4.09. The maximum atomic E-state index is 8.87. The average molecular weight is 415 g/mol. The molecule has 0 radical (unpaired) electrons. The Morgan fingerprint density at radius 3 is 3.03 bits per heavy atom. The molecule has 1 saturated heterocycles. The molecule has 6 nitrogen and oxygen atoms in total. The number of likely N-dealkylation sites (tertiary alicyclic amines) is 1. The number of nitrogens with zero attached hydrogens (tertiary/aromatic N) is 4. The summed E-state index contributed by atoms with van der Waals surface area (Å²) >= 11 is 1.62. The van der Waals surface area contributed by atoms with E-state index >= 15 is 0 Å². The summed E-state index contributed by atoms with van der Waals surface area (Å²) in [6.07, 6.45) is 4.03. The van der Waals surface area contributed by atoms with E-state index in [-0.39, 0.29) is 0 Å². The quantitative estimate of drug-likeness (QED) is 0.480. The van der Waals surface area contributed by atoms with Crippen molar-refractivity contribution in [3.8, 4) is 6.07 Å². The van der Waals surface area contributed by atoms with Gasteiger partial charge in [-0.3, -0.25) is 4.90 Å². The summed E-state index contributed by atoms with van der Waals surface area (Å²) in [4.78, 5) is 15.0. The molecular formula is C23H22N6S. The van der Waals surface area contributed by atoms with Crippen molar-refractivity contribution in [3.05, 3.63) is 71.1 Å². The highest BCUT2D eigenvalue weighted by Gasteiger charge is 2.24. The van der Waals surface area contributed by atoms with Gasteiger partial charge >= 0.3 is 0 Å². The number of para-hydroxylation sites is 1. The number of thiazole rings is 1. The topological polar surface area (TPSA) is 80.6 Å². The van der Waals surface area contributed by atoms with Crippen LogP contribution in [0.15, 0.2) is 54.0 Å². The third kappa shape index (κ3) is 4.06. The molecule has 0 unspecified atom stereocenters. The van der Waals surface area contributed by atoms with Gasteiger partial charge in [-0.05, 0) is 49.0 Å². The maximum absolute atomic E-state index is 8.87. The van der Waals surface area contributed by atoms with Crippen molar-refractivity contribution in [2.24, 2.45) is 0 Å². The van der Waals surface area contributed by atoms with Gasteiger partial charge in [0.2, 0.25) is 0 Å². The summed E-state index contributed by atoms with van der Waals surface area (Å²) in [7, 11) is 0. The second-order valence-corrected chi connectivity index (χ2v) is 8.56. The molecule has 1 aliphatic heterocycles. The molecule has 1 aliphatic rings. The number of anilines is 2. The van der Waals surface area contributed by atoms with Crippen LogP contribution in [-0.4, -0.2) is 32.9 Å². The van der Waals surface area contributed by atoms with Crippen LogP contribution < -0.4 is 5.32 Å². The van der Waals surface area contributed by atoms with Crippen LogP contribution in [0.1, 0.15) is 35.8 Å². The van der Waals surface area contributed by atoms with E-state index in [4.69, 9.17) is 10.2 Å². The minimum atomic E-state index is 0.414.